The van der Waals surface area contributed by atoms with Gasteiger partial charge in [-0.05, 0) is 61.9 Å². The molecule has 0 saturated heterocycles. The van der Waals surface area contributed by atoms with Gasteiger partial charge >= 0.3 is 0 Å². The topological polar surface area (TPSA) is 37.3 Å². The number of aromatic hydroxyl groups is 1. The van der Waals surface area contributed by atoms with Crippen LogP contribution in [0.4, 0.5) is 0 Å². The minimum atomic E-state index is -0.0207. The van der Waals surface area contributed by atoms with Crippen molar-refractivity contribution in [1.82, 2.24) is 0 Å². The molecule has 0 aliphatic rings. The van der Waals surface area contributed by atoms with Gasteiger partial charge in [-0.1, -0.05) is 35.9 Å². The molecule has 2 heteroatoms. The van der Waals surface area contributed by atoms with Crippen LogP contribution >= 0.6 is 0 Å². The third kappa shape index (κ3) is 2.61. The second-order valence-electron chi connectivity index (χ2n) is 6.25. The minimum Gasteiger partial charge on any atom is -0.507 e. The first kappa shape index (κ1) is 15.3. The van der Waals surface area contributed by atoms with Gasteiger partial charge < -0.3 is 5.11 Å². The largest absolute Gasteiger partial charge is 0.507 e. The molecule has 0 aromatic heterocycles. The third-order valence-corrected chi connectivity index (χ3v) is 4.53. The lowest BCUT2D eigenvalue weighted by Crippen LogP contribution is -2.02. The Hall–Kier alpha value is -2.61. The van der Waals surface area contributed by atoms with Crippen molar-refractivity contribution in [3.63, 3.8) is 0 Å². The molecule has 2 nitrogen and oxygen atoms in total. The highest BCUT2D eigenvalue weighted by Crippen LogP contribution is 2.34. The summed E-state index contributed by atoms with van der Waals surface area (Å²) in [5.41, 5.74) is 5.30. The van der Waals surface area contributed by atoms with Crippen LogP contribution in [0, 0.1) is 27.7 Å². The summed E-state index contributed by atoms with van der Waals surface area (Å²) in [6.45, 7) is 7.85. The van der Waals surface area contributed by atoms with E-state index in [9.17, 15) is 9.90 Å². The maximum Gasteiger partial charge on any atom is 0.193 e. The Morgan fingerprint density at radius 1 is 0.783 bits per heavy atom. The maximum absolute atomic E-state index is 12.7. The number of carbonyl (C=O) groups is 1. The smallest absolute Gasteiger partial charge is 0.193 e. The van der Waals surface area contributed by atoms with Crippen LogP contribution in [0.1, 0.15) is 38.2 Å². The van der Waals surface area contributed by atoms with E-state index in [0.29, 0.717) is 11.1 Å². The van der Waals surface area contributed by atoms with Gasteiger partial charge in [0, 0.05) is 16.5 Å². The molecule has 0 heterocycles. The average molecular weight is 304 g/mol. The molecule has 0 spiro atoms. The van der Waals surface area contributed by atoms with Gasteiger partial charge in [-0.25, -0.2) is 0 Å². The van der Waals surface area contributed by atoms with Crippen LogP contribution in [0.25, 0.3) is 10.8 Å². The first-order chi connectivity index (χ1) is 10.9. The van der Waals surface area contributed by atoms with Crippen molar-refractivity contribution in [2.24, 2.45) is 0 Å². The summed E-state index contributed by atoms with van der Waals surface area (Å²) in [7, 11) is 0. The molecule has 0 unspecified atom stereocenters. The highest BCUT2D eigenvalue weighted by Gasteiger charge is 2.14. The Bertz CT molecular complexity index is 919. The second-order valence-corrected chi connectivity index (χ2v) is 6.25. The van der Waals surface area contributed by atoms with E-state index in [1.807, 2.05) is 58.0 Å². The first-order valence-electron chi connectivity index (χ1n) is 7.73. The molecule has 1 N–H and O–H groups in total. The lowest BCUT2D eigenvalue weighted by molar-refractivity contribution is 0.103. The Labute approximate surface area is 136 Å². The van der Waals surface area contributed by atoms with E-state index in [2.05, 4.69) is 6.07 Å². The number of aryl methyl sites for hydroxylation is 3. The van der Waals surface area contributed by atoms with Gasteiger partial charge in [0.15, 0.2) is 5.78 Å². The molecule has 3 rings (SSSR count). The van der Waals surface area contributed by atoms with Crippen LogP contribution in [0.2, 0.25) is 0 Å². The average Bonchev–Trinajstić information content (AvgIpc) is 2.53. The van der Waals surface area contributed by atoms with Crippen LogP contribution in [-0.4, -0.2) is 10.9 Å². The molecule has 23 heavy (non-hydrogen) atoms. The fourth-order valence-corrected chi connectivity index (χ4v) is 2.90. The van der Waals surface area contributed by atoms with Crippen LogP contribution < -0.4 is 0 Å². The van der Waals surface area contributed by atoms with E-state index in [1.165, 1.54) is 0 Å². The molecule has 3 aromatic carbocycles. The van der Waals surface area contributed by atoms with Gasteiger partial charge in [0.2, 0.25) is 0 Å². The Kier molecular flexibility index (Phi) is 3.69. The summed E-state index contributed by atoms with van der Waals surface area (Å²) in [4.78, 5) is 12.7. The number of phenolic OH excluding ortho intramolecular Hbond substituents is 1. The first-order valence-corrected chi connectivity index (χ1v) is 7.73. The second kappa shape index (κ2) is 5.54. The van der Waals surface area contributed by atoms with Crippen LogP contribution in [0.3, 0.4) is 0 Å². The number of rotatable bonds is 2. The fraction of sp³-hybridized carbons (Fsp3) is 0.190. The zero-order valence-electron chi connectivity index (χ0n) is 13.9. The van der Waals surface area contributed by atoms with E-state index in [4.69, 9.17) is 0 Å². The van der Waals surface area contributed by atoms with E-state index in [0.717, 1.165) is 33.0 Å². The van der Waals surface area contributed by atoms with E-state index < -0.39 is 0 Å². The Morgan fingerprint density at radius 2 is 1.43 bits per heavy atom. The lowest BCUT2D eigenvalue weighted by atomic mass is 9.93. The Balaban J connectivity index is 2.19. The van der Waals surface area contributed by atoms with Gasteiger partial charge in [-0.2, -0.15) is 0 Å². The molecular formula is C21H20O2. The minimum absolute atomic E-state index is 0.0207. The lowest BCUT2D eigenvalue weighted by Gasteiger charge is -2.12. The molecule has 0 saturated carbocycles. The molecule has 0 fully saturated rings. The van der Waals surface area contributed by atoms with Crippen LogP contribution in [0.5, 0.6) is 5.75 Å². The normalized spacial score (nSPS) is 11.0. The highest BCUT2D eigenvalue weighted by molar-refractivity contribution is 6.11. The van der Waals surface area contributed by atoms with Gasteiger partial charge in [0.05, 0.1) is 0 Å². The highest BCUT2D eigenvalue weighted by atomic mass is 16.3. The quantitative estimate of drug-likeness (QED) is 0.676. The molecule has 0 bridgehead atoms. The monoisotopic (exact) mass is 304 g/mol. The number of hydrogen-bond donors (Lipinski definition) is 1. The van der Waals surface area contributed by atoms with E-state index in [1.54, 1.807) is 6.07 Å². The van der Waals surface area contributed by atoms with Crippen molar-refractivity contribution < 1.29 is 9.90 Å². The maximum atomic E-state index is 12.7. The van der Waals surface area contributed by atoms with E-state index >= 15 is 0 Å². The van der Waals surface area contributed by atoms with Crippen LogP contribution in [-0.2, 0) is 0 Å². The summed E-state index contributed by atoms with van der Waals surface area (Å²) in [5.74, 6) is 0.245. The SMILES string of the molecule is Cc1ccc(C(=O)c2cc(C)c3cc(C)c(C)c(O)c3c2)cc1. The van der Waals surface area contributed by atoms with Gasteiger partial charge in [-0.3, -0.25) is 4.79 Å². The third-order valence-electron chi connectivity index (χ3n) is 4.53. The summed E-state index contributed by atoms with van der Waals surface area (Å²) >= 11 is 0. The van der Waals surface area contributed by atoms with Crippen molar-refractivity contribution in [3.8, 4) is 5.75 Å². The van der Waals surface area contributed by atoms with Crippen LogP contribution in [0.15, 0.2) is 42.5 Å². The standard InChI is InChI=1S/C21H20O2/c1-12-5-7-16(8-6-12)21(23)17-9-14(3)18-10-13(2)15(4)20(22)19(18)11-17/h5-11,22H,1-4H3. The summed E-state index contributed by atoms with van der Waals surface area (Å²) < 4.78 is 0. The van der Waals surface area contributed by atoms with Crippen molar-refractivity contribution in [2.45, 2.75) is 27.7 Å². The summed E-state index contributed by atoms with van der Waals surface area (Å²) in [5, 5.41) is 12.2. The number of fused-ring (bicyclic) bond motifs is 1. The molecule has 0 aliphatic carbocycles. The molecule has 3 aromatic rings. The van der Waals surface area contributed by atoms with Crippen molar-refractivity contribution in [2.75, 3.05) is 0 Å². The number of ketones is 1. The molecule has 0 aliphatic heterocycles. The number of benzene rings is 3. The molecule has 116 valence electrons. The number of carbonyl (C=O) groups excluding carboxylic acids is 1. The zero-order chi connectivity index (χ0) is 16.7. The van der Waals surface area contributed by atoms with Crippen molar-refractivity contribution >= 4 is 16.6 Å². The molecule has 0 radical (unpaired) electrons. The van der Waals surface area contributed by atoms with Crippen molar-refractivity contribution in [3.05, 3.63) is 75.8 Å². The summed E-state index contributed by atoms with van der Waals surface area (Å²) in [6, 6.07) is 13.3. The fourth-order valence-electron chi connectivity index (χ4n) is 2.90. The van der Waals surface area contributed by atoms with Gasteiger partial charge in [0.1, 0.15) is 5.75 Å². The van der Waals surface area contributed by atoms with Crippen molar-refractivity contribution in [1.29, 1.82) is 0 Å². The number of phenols is 1. The Morgan fingerprint density at radius 3 is 2.09 bits per heavy atom. The summed E-state index contributed by atoms with van der Waals surface area (Å²) in [6.07, 6.45) is 0. The predicted molar refractivity (Wildman–Crippen MR) is 94.4 cm³/mol. The van der Waals surface area contributed by atoms with Gasteiger partial charge in [-0.15, -0.1) is 0 Å². The number of hydrogen-bond acceptors (Lipinski definition) is 2. The molecule has 0 atom stereocenters. The van der Waals surface area contributed by atoms with E-state index in [-0.39, 0.29) is 11.5 Å². The zero-order valence-corrected chi connectivity index (χ0v) is 13.9. The molecular weight excluding hydrogens is 284 g/mol. The predicted octanol–water partition coefficient (Wildman–Crippen LogP) is 5.01. The van der Waals surface area contributed by atoms with Gasteiger partial charge in [0.25, 0.3) is 0 Å². The molecule has 0 amide bonds.